The smallest absolute Gasteiger partial charge is 0.243 e. The lowest BCUT2D eigenvalue weighted by atomic mass is 10.1. The zero-order chi connectivity index (χ0) is 15.4. The van der Waals surface area contributed by atoms with Crippen molar-refractivity contribution >= 4 is 23.6 Å². The van der Waals surface area contributed by atoms with Gasteiger partial charge in [0.1, 0.15) is 11.4 Å². The molecular weight excluding hydrogens is 284 g/mol. The minimum atomic E-state index is -0.378. The molecule has 0 aromatic heterocycles. The van der Waals surface area contributed by atoms with Gasteiger partial charge in [-0.1, -0.05) is 44.2 Å². The molecule has 1 aliphatic rings. The highest BCUT2D eigenvalue weighted by Gasteiger charge is 2.40. The fourth-order valence-corrected chi connectivity index (χ4v) is 3.87. The van der Waals surface area contributed by atoms with Crippen LogP contribution in [0.25, 0.3) is 0 Å². The second-order valence-corrected chi connectivity index (χ2v) is 6.79. The van der Waals surface area contributed by atoms with E-state index in [1.165, 1.54) is 6.92 Å². The monoisotopic (exact) mass is 306 g/mol. The molecule has 1 aromatic carbocycles. The molecule has 2 unspecified atom stereocenters. The van der Waals surface area contributed by atoms with Crippen molar-refractivity contribution in [2.24, 2.45) is 5.92 Å². The van der Waals surface area contributed by atoms with Crippen molar-refractivity contribution in [1.82, 2.24) is 10.2 Å². The van der Waals surface area contributed by atoms with E-state index in [-0.39, 0.29) is 23.2 Å². The summed E-state index contributed by atoms with van der Waals surface area (Å²) in [4.78, 5) is 26.0. The predicted molar refractivity (Wildman–Crippen MR) is 85.8 cm³/mol. The first-order valence-electron chi connectivity index (χ1n) is 7.24. The van der Waals surface area contributed by atoms with Gasteiger partial charge < -0.3 is 10.2 Å². The van der Waals surface area contributed by atoms with Gasteiger partial charge in [0.05, 0.1) is 0 Å². The van der Waals surface area contributed by atoms with Gasteiger partial charge in [-0.15, -0.1) is 11.8 Å². The number of rotatable bonds is 4. The highest BCUT2D eigenvalue weighted by molar-refractivity contribution is 7.99. The molecule has 1 heterocycles. The largest absolute Gasteiger partial charge is 0.354 e. The van der Waals surface area contributed by atoms with Crippen LogP contribution in [0, 0.1) is 5.92 Å². The van der Waals surface area contributed by atoms with Gasteiger partial charge in [0.2, 0.25) is 11.8 Å². The molecule has 21 heavy (non-hydrogen) atoms. The molecule has 0 radical (unpaired) electrons. The van der Waals surface area contributed by atoms with Crippen LogP contribution in [0.5, 0.6) is 0 Å². The van der Waals surface area contributed by atoms with Crippen LogP contribution in [0.2, 0.25) is 0 Å². The van der Waals surface area contributed by atoms with Gasteiger partial charge in [-0.25, -0.2) is 0 Å². The molecule has 0 saturated carbocycles. The molecule has 1 aromatic rings. The van der Waals surface area contributed by atoms with Crippen molar-refractivity contribution in [3.05, 3.63) is 35.9 Å². The van der Waals surface area contributed by atoms with E-state index < -0.39 is 0 Å². The average molecular weight is 306 g/mol. The fraction of sp³-hybridized carbons (Fsp3) is 0.500. The van der Waals surface area contributed by atoms with Crippen LogP contribution >= 0.6 is 11.8 Å². The van der Waals surface area contributed by atoms with Crippen molar-refractivity contribution in [1.29, 1.82) is 0 Å². The number of carbonyl (C=O) groups excluding carboxylic acids is 2. The summed E-state index contributed by atoms with van der Waals surface area (Å²) in [6, 6.07) is 9.50. The molecule has 1 N–H and O–H groups in total. The van der Waals surface area contributed by atoms with E-state index in [9.17, 15) is 9.59 Å². The zero-order valence-corrected chi connectivity index (χ0v) is 13.5. The summed E-state index contributed by atoms with van der Waals surface area (Å²) in [5.41, 5.74) is 1.07. The Morgan fingerprint density at radius 2 is 2.00 bits per heavy atom. The van der Waals surface area contributed by atoms with E-state index >= 15 is 0 Å². The zero-order valence-electron chi connectivity index (χ0n) is 12.7. The van der Waals surface area contributed by atoms with E-state index in [1.54, 1.807) is 16.7 Å². The normalized spacial score (nSPS) is 21.6. The highest BCUT2D eigenvalue weighted by Crippen LogP contribution is 2.41. The Balaban J connectivity index is 2.14. The molecule has 4 nitrogen and oxygen atoms in total. The fourth-order valence-electron chi connectivity index (χ4n) is 2.39. The summed E-state index contributed by atoms with van der Waals surface area (Å²) in [6.07, 6.45) is 0. The molecule has 2 atom stereocenters. The summed E-state index contributed by atoms with van der Waals surface area (Å²) in [5.74, 6) is 0.936. The van der Waals surface area contributed by atoms with Crippen molar-refractivity contribution in [3.8, 4) is 0 Å². The first-order chi connectivity index (χ1) is 10.0. The van der Waals surface area contributed by atoms with E-state index in [2.05, 4.69) is 19.2 Å². The number of benzene rings is 1. The third kappa shape index (κ3) is 3.79. The number of amides is 2. The van der Waals surface area contributed by atoms with E-state index in [4.69, 9.17) is 0 Å². The number of carbonyl (C=O) groups is 2. The Morgan fingerprint density at radius 1 is 1.33 bits per heavy atom. The summed E-state index contributed by atoms with van der Waals surface area (Å²) in [5, 5.41) is 2.86. The SMILES string of the molecule is CC(=O)N1C(C(=O)NCC(C)C)CSC1c1ccccc1. The topological polar surface area (TPSA) is 49.4 Å². The van der Waals surface area contributed by atoms with E-state index in [1.807, 2.05) is 30.3 Å². The molecule has 2 amide bonds. The van der Waals surface area contributed by atoms with Gasteiger partial charge in [-0.3, -0.25) is 9.59 Å². The van der Waals surface area contributed by atoms with Gasteiger partial charge >= 0.3 is 0 Å². The van der Waals surface area contributed by atoms with E-state index in [0.717, 1.165) is 5.56 Å². The summed E-state index contributed by atoms with van der Waals surface area (Å²) in [6.45, 7) is 6.28. The van der Waals surface area contributed by atoms with Crippen molar-refractivity contribution < 1.29 is 9.59 Å². The van der Waals surface area contributed by atoms with Gasteiger partial charge in [0.25, 0.3) is 0 Å². The van der Waals surface area contributed by atoms with Gasteiger partial charge in [0, 0.05) is 19.2 Å². The first-order valence-corrected chi connectivity index (χ1v) is 8.28. The van der Waals surface area contributed by atoms with Crippen LogP contribution in [-0.2, 0) is 9.59 Å². The lowest BCUT2D eigenvalue weighted by molar-refractivity contribution is -0.138. The maximum Gasteiger partial charge on any atom is 0.243 e. The molecule has 5 heteroatoms. The molecule has 0 bridgehead atoms. The molecule has 2 rings (SSSR count). The van der Waals surface area contributed by atoms with Crippen molar-refractivity contribution in [2.45, 2.75) is 32.2 Å². The van der Waals surface area contributed by atoms with Crippen molar-refractivity contribution in [3.63, 3.8) is 0 Å². The number of hydrogen-bond acceptors (Lipinski definition) is 3. The van der Waals surface area contributed by atoms with Crippen LogP contribution in [0.15, 0.2) is 30.3 Å². The van der Waals surface area contributed by atoms with Crippen LogP contribution in [0.4, 0.5) is 0 Å². The number of thioether (sulfide) groups is 1. The van der Waals surface area contributed by atoms with E-state index in [0.29, 0.717) is 18.2 Å². The number of nitrogens with one attached hydrogen (secondary N) is 1. The summed E-state index contributed by atoms with van der Waals surface area (Å²) < 4.78 is 0. The average Bonchev–Trinajstić information content (AvgIpc) is 2.90. The molecule has 1 saturated heterocycles. The first kappa shape index (κ1) is 15.9. The molecule has 1 aliphatic heterocycles. The molecule has 1 fully saturated rings. The Bertz CT molecular complexity index is 504. The van der Waals surface area contributed by atoms with Gasteiger partial charge in [0.15, 0.2) is 0 Å². The second-order valence-electron chi connectivity index (χ2n) is 5.68. The summed E-state index contributed by atoms with van der Waals surface area (Å²) in [7, 11) is 0. The molecular formula is C16H22N2O2S. The Labute approximate surface area is 130 Å². The second kappa shape index (κ2) is 6.98. The van der Waals surface area contributed by atoms with Gasteiger partial charge in [-0.05, 0) is 11.5 Å². The van der Waals surface area contributed by atoms with Crippen LogP contribution in [-0.4, -0.2) is 35.1 Å². The van der Waals surface area contributed by atoms with Gasteiger partial charge in [-0.2, -0.15) is 0 Å². The number of hydrogen-bond donors (Lipinski definition) is 1. The lowest BCUT2D eigenvalue weighted by Gasteiger charge is -2.28. The molecule has 114 valence electrons. The maximum atomic E-state index is 12.3. The third-order valence-corrected chi connectivity index (χ3v) is 4.76. The third-order valence-electron chi connectivity index (χ3n) is 3.44. The quantitative estimate of drug-likeness (QED) is 0.929. The predicted octanol–water partition coefficient (Wildman–Crippen LogP) is 2.42. The standard InChI is InChI=1S/C16H22N2O2S/c1-11(2)9-17-15(20)14-10-21-16(18(14)12(3)19)13-7-5-4-6-8-13/h4-8,11,14,16H,9-10H2,1-3H3,(H,17,20). The lowest BCUT2D eigenvalue weighted by Crippen LogP contribution is -2.47. The maximum absolute atomic E-state index is 12.3. The molecule has 0 aliphatic carbocycles. The minimum absolute atomic E-state index is 0.0511. The summed E-state index contributed by atoms with van der Waals surface area (Å²) >= 11 is 1.65. The Hall–Kier alpha value is -1.49. The Kier molecular flexibility index (Phi) is 5.28. The molecule has 0 spiro atoms. The van der Waals surface area contributed by atoms with Crippen molar-refractivity contribution in [2.75, 3.05) is 12.3 Å². The van der Waals surface area contributed by atoms with Crippen LogP contribution in [0.1, 0.15) is 31.7 Å². The highest BCUT2D eigenvalue weighted by atomic mass is 32.2. The van der Waals surface area contributed by atoms with Crippen LogP contribution in [0.3, 0.4) is 0 Å². The number of nitrogens with zero attached hydrogens (tertiary/aromatic N) is 1. The van der Waals surface area contributed by atoms with Crippen LogP contribution < -0.4 is 5.32 Å². The Morgan fingerprint density at radius 3 is 2.57 bits per heavy atom. The minimum Gasteiger partial charge on any atom is -0.354 e.